The van der Waals surface area contributed by atoms with E-state index in [1.54, 1.807) is 6.92 Å². The molecule has 8 heteroatoms. The molecule has 0 aromatic heterocycles. The zero-order valence-corrected chi connectivity index (χ0v) is 14.3. The predicted octanol–water partition coefficient (Wildman–Crippen LogP) is 0.808. The molecule has 0 aromatic carbocycles. The lowest BCUT2D eigenvalue weighted by molar-refractivity contribution is -0.146. The molecule has 1 fully saturated rings. The number of hydrogen-bond donors (Lipinski definition) is 2. The van der Waals surface area contributed by atoms with E-state index in [9.17, 15) is 18.0 Å². The van der Waals surface area contributed by atoms with Gasteiger partial charge in [-0.3, -0.25) is 9.59 Å². The third-order valence-electron chi connectivity index (χ3n) is 3.86. The molecule has 128 valence electrons. The maximum absolute atomic E-state index is 12.3. The summed E-state index contributed by atoms with van der Waals surface area (Å²) in [6, 6.07) is -0.727. The number of carbonyl (C=O) groups is 2. The van der Waals surface area contributed by atoms with Crippen molar-refractivity contribution in [3.63, 3.8) is 0 Å². The highest BCUT2D eigenvalue weighted by molar-refractivity contribution is 7.89. The van der Waals surface area contributed by atoms with E-state index in [-0.39, 0.29) is 12.3 Å². The number of aliphatic carboxylic acids is 1. The first-order valence-electron chi connectivity index (χ1n) is 7.62. The second kappa shape index (κ2) is 7.41. The van der Waals surface area contributed by atoms with Crippen LogP contribution in [0.4, 0.5) is 0 Å². The Bertz CT molecular complexity index is 515. The van der Waals surface area contributed by atoms with E-state index in [1.807, 2.05) is 0 Å². The van der Waals surface area contributed by atoms with Gasteiger partial charge in [0.15, 0.2) is 0 Å². The van der Waals surface area contributed by atoms with Crippen LogP contribution in [0.3, 0.4) is 0 Å². The van der Waals surface area contributed by atoms with Crippen LogP contribution in [0.25, 0.3) is 0 Å². The van der Waals surface area contributed by atoms with Crippen molar-refractivity contribution in [2.75, 3.05) is 18.8 Å². The van der Waals surface area contributed by atoms with Crippen molar-refractivity contribution in [1.29, 1.82) is 0 Å². The van der Waals surface area contributed by atoms with Crippen molar-refractivity contribution in [3.05, 3.63) is 0 Å². The van der Waals surface area contributed by atoms with Crippen LogP contribution in [0.2, 0.25) is 0 Å². The summed E-state index contributed by atoms with van der Waals surface area (Å²) in [6.45, 7) is 5.14. The van der Waals surface area contributed by atoms with Crippen LogP contribution in [0.1, 0.15) is 46.5 Å². The summed E-state index contributed by atoms with van der Waals surface area (Å²) in [7, 11) is -3.44. The monoisotopic (exact) mass is 334 g/mol. The van der Waals surface area contributed by atoms with E-state index in [0.717, 1.165) is 12.8 Å². The number of rotatable bonds is 7. The number of carbonyl (C=O) groups excluding carboxylic acids is 1. The Kier molecular flexibility index (Phi) is 6.37. The lowest BCUT2D eigenvalue weighted by atomic mass is 9.93. The van der Waals surface area contributed by atoms with Crippen LogP contribution in [0, 0.1) is 5.41 Å². The molecule has 1 rings (SSSR count). The molecule has 1 atom stereocenters. The molecule has 0 bridgehead atoms. The molecule has 1 heterocycles. The second-order valence-electron chi connectivity index (χ2n) is 6.35. The Morgan fingerprint density at radius 3 is 2.50 bits per heavy atom. The standard InChI is InChI=1S/C14H26N2O5S/c1-4-9-22(20,21)16-8-6-5-7-11(16)12(17)15-10-14(2,3)13(18)19/h11H,4-10H2,1-3H3,(H,15,17)(H,18,19). The van der Waals surface area contributed by atoms with E-state index in [2.05, 4.69) is 5.32 Å². The third kappa shape index (κ3) is 4.67. The van der Waals surface area contributed by atoms with Gasteiger partial charge in [-0.25, -0.2) is 8.42 Å². The first-order chi connectivity index (χ1) is 10.1. The van der Waals surface area contributed by atoms with E-state index in [4.69, 9.17) is 5.11 Å². The highest BCUT2D eigenvalue weighted by Crippen LogP contribution is 2.22. The first-order valence-corrected chi connectivity index (χ1v) is 9.23. The van der Waals surface area contributed by atoms with Crippen LogP contribution < -0.4 is 5.32 Å². The summed E-state index contributed by atoms with van der Waals surface area (Å²) in [5.74, 6) is -1.39. The number of carboxylic acids is 1. The summed E-state index contributed by atoms with van der Waals surface area (Å²) in [5.41, 5.74) is -1.09. The largest absolute Gasteiger partial charge is 0.481 e. The molecule has 1 unspecified atom stereocenters. The van der Waals surface area contributed by atoms with Crippen molar-refractivity contribution in [2.24, 2.45) is 5.41 Å². The van der Waals surface area contributed by atoms with Gasteiger partial charge in [-0.2, -0.15) is 4.31 Å². The SMILES string of the molecule is CCCS(=O)(=O)N1CCCCC1C(=O)NCC(C)(C)C(=O)O. The molecule has 0 aliphatic carbocycles. The molecule has 1 aliphatic heterocycles. The Balaban J connectivity index is 2.79. The summed E-state index contributed by atoms with van der Waals surface area (Å²) in [4.78, 5) is 23.4. The van der Waals surface area contributed by atoms with Crippen LogP contribution in [-0.4, -0.2) is 54.6 Å². The van der Waals surface area contributed by atoms with E-state index < -0.39 is 33.4 Å². The minimum absolute atomic E-state index is 0.0252. The van der Waals surface area contributed by atoms with Crippen molar-refractivity contribution in [2.45, 2.75) is 52.5 Å². The van der Waals surface area contributed by atoms with Gasteiger partial charge in [-0.1, -0.05) is 13.3 Å². The van der Waals surface area contributed by atoms with Crippen molar-refractivity contribution in [3.8, 4) is 0 Å². The van der Waals surface area contributed by atoms with E-state index in [0.29, 0.717) is 19.4 Å². The fraction of sp³-hybridized carbons (Fsp3) is 0.857. The molecular weight excluding hydrogens is 308 g/mol. The highest BCUT2D eigenvalue weighted by atomic mass is 32.2. The number of piperidine rings is 1. The van der Waals surface area contributed by atoms with Gasteiger partial charge in [0.2, 0.25) is 15.9 Å². The third-order valence-corrected chi connectivity index (χ3v) is 5.94. The minimum Gasteiger partial charge on any atom is -0.481 e. The highest BCUT2D eigenvalue weighted by Gasteiger charge is 2.37. The number of carboxylic acid groups (broad SMARTS) is 1. The van der Waals surface area contributed by atoms with Gasteiger partial charge in [0, 0.05) is 13.1 Å². The zero-order valence-electron chi connectivity index (χ0n) is 13.5. The summed E-state index contributed by atoms with van der Waals surface area (Å²) in [6.07, 6.45) is 2.51. The van der Waals surface area contributed by atoms with Gasteiger partial charge in [0.25, 0.3) is 0 Å². The maximum atomic E-state index is 12.3. The van der Waals surface area contributed by atoms with Gasteiger partial charge < -0.3 is 10.4 Å². The van der Waals surface area contributed by atoms with Gasteiger partial charge in [0.1, 0.15) is 6.04 Å². The van der Waals surface area contributed by atoms with Crippen LogP contribution >= 0.6 is 0 Å². The topological polar surface area (TPSA) is 104 Å². The quantitative estimate of drug-likeness (QED) is 0.717. The number of hydrogen-bond acceptors (Lipinski definition) is 4. The normalized spacial score (nSPS) is 20.6. The summed E-state index contributed by atoms with van der Waals surface area (Å²) < 4.78 is 25.8. The lowest BCUT2D eigenvalue weighted by Crippen LogP contribution is -2.53. The van der Waals surface area contributed by atoms with Gasteiger partial charge in [-0.05, 0) is 33.1 Å². The second-order valence-corrected chi connectivity index (χ2v) is 8.39. The number of sulfonamides is 1. The smallest absolute Gasteiger partial charge is 0.310 e. The number of amides is 1. The molecule has 0 aromatic rings. The van der Waals surface area contributed by atoms with Crippen LogP contribution in [0.5, 0.6) is 0 Å². The maximum Gasteiger partial charge on any atom is 0.310 e. The predicted molar refractivity (Wildman–Crippen MR) is 82.8 cm³/mol. The Hall–Kier alpha value is -1.15. The molecule has 0 radical (unpaired) electrons. The summed E-state index contributed by atoms with van der Waals surface area (Å²) >= 11 is 0. The molecule has 7 nitrogen and oxygen atoms in total. The molecular formula is C14H26N2O5S. The van der Waals surface area contributed by atoms with E-state index >= 15 is 0 Å². The molecule has 2 N–H and O–H groups in total. The zero-order chi connectivity index (χ0) is 17.0. The minimum atomic E-state index is -3.44. The van der Waals surface area contributed by atoms with Gasteiger partial charge in [0.05, 0.1) is 11.2 Å². The van der Waals surface area contributed by atoms with Crippen LogP contribution in [0.15, 0.2) is 0 Å². The fourth-order valence-corrected chi connectivity index (χ4v) is 4.12. The molecule has 0 saturated carbocycles. The molecule has 22 heavy (non-hydrogen) atoms. The Morgan fingerprint density at radius 1 is 1.32 bits per heavy atom. The molecule has 1 amide bonds. The molecule has 1 saturated heterocycles. The average Bonchev–Trinajstić information content (AvgIpc) is 2.44. The van der Waals surface area contributed by atoms with Crippen molar-refractivity contribution < 1.29 is 23.1 Å². The summed E-state index contributed by atoms with van der Waals surface area (Å²) in [5, 5.41) is 11.7. The lowest BCUT2D eigenvalue weighted by Gasteiger charge is -2.34. The molecule has 0 spiro atoms. The average molecular weight is 334 g/mol. The van der Waals surface area contributed by atoms with Gasteiger partial charge in [-0.15, -0.1) is 0 Å². The number of nitrogens with one attached hydrogen (secondary N) is 1. The van der Waals surface area contributed by atoms with Crippen molar-refractivity contribution >= 4 is 21.9 Å². The van der Waals surface area contributed by atoms with Gasteiger partial charge >= 0.3 is 5.97 Å². The Labute approximate surface area is 132 Å². The van der Waals surface area contributed by atoms with Crippen molar-refractivity contribution in [1.82, 2.24) is 9.62 Å². The van der Waals surface area contributed by atoms with E-state index in [1.165, 1.54) is 18.2 Å². The molecule has 1 aliphatic rings. The fourth-order valence-electron chi connectivity index (χ4n) is 2.38. The Morgan fingerprint density at radius 2 is 1.95 bits per heavy atom. The number of nitrogens with zero attached hydrogens (tertiary/aromatic N) is 1. The van der Waals surface area contributed by atoms with Crippen LogP contribution in [-0.2, 0) is 19.6 Å². The first kappa shape index (κ1) is 18.9.